The van der Waals surface area contributed by atoms with E-state index in [2.05, 4.69) is 11.1 Å². The van der Waals surface area contributed by atoms with Crippen molar-refractivity contribution in [2.24, 2.45) is 0 Å². The lowest BCUT2D eigenvalue weighted by atomic mass is 10.0. The molecule has 1 saturated heterocycles. The summed E-state index contributed by atoms with van der Waals surface area (Å²) < 4.78 is 6.46. The molecule has 1 aliphatic rings. The van der Waals surface area contributed by atoms with E-state index in [1.54, 1.807) is 18.4 Å². The highest BCUT2D eigenvalue weighted by Gasteiger charge is 2.31. The molecule has 0 radical (unpaired) electrons. The average Bonchev–Trinajstić information content (AvgIpc) is 3.26. The molecular weight excluding hydrogens is 332 g/mol. The van der Waals surface area contributed by atoms with Gasteiger partial charge in [-0.25, -0.2) is 4.98 Å². The summed E-state index contributed by atoms with van der Waals surface area (Å²) in [6.45, 7) is 2.78. The first-order valence-corrected chi connectivity index (χ1v) is 9.29. The molecule has 0 bridgehead atoms. The molecule has 0 aliphatic carbocycles. The van der Waals surface area contributed by atoms with Gasteiger partial charge in [0.05, 0.1) is 28.4 Å². The number of rotatable bonds is 3. The number of ether oxygens (including phenoxy) is 1. The monoisotopic (exact) mass is 352 g/mol. The van der Waals surface area contributed by atoms with E-state index in [4.69, 9.17) is 4.74 Å². The molecule has 128 valence electrons. The van der Waals surface area contributed by atoms with Gasteiger partial charge in [0, 0.05) is 12.1 Å². The van der Waals surface area contributed by atoms with Crippen LogP contribution in [0.2, 0.25) is 0 Å². The minimum Gasteiger partial charge on any atom is -0.497 e. The summed E-state index contributed by atoms with van der Waals surface area (Å²) >= 11 is 1.66. The van der Waals surface area contributed by atoms with Gasteiger partial charge in [-0.3, -0.25) is 4.79 Å². The number of aromatic nitrogens is 1. The summed E-state index contributed by atoms with van der Waals surface area (Å²) in [5.41, 5.74) is 2.76. The Labute approximate surface area is 151 Å². The van der Waals surface area contributed by atoms with Crippen molar-refractivity contribution in [1.82, 2.24) is 9.88 Å². The Kier molecular flexibility index (Phi) is 4.17. The summed E-state index contributed by atoms with van der Waals surface area (Å²) in [4.78, 5) is 19.6. The lowest BCUT2D eigenvalue weighted by Crippen LogP contribution is -2.30. The van der Waals surface area contributed by atoms with E-state index in [1.807, 2.05) is 48.2 Å². The molecule has 3 aromatic rings. The fourth-order valence-electron chi connectivity index (χ4n) is 3.55. The SMILES string of the molecule is COc1cccc([C@H]2CCCN2C(=O)c2ccc3sc(C)nc3c2)c1. The zero-order valence-corrected chi connectivity index (χ0v) is 15.2. The van der Waals surface area contributed by atoms with Crippen molar-refractivity contribution in [2.75, 3.05) is 13.7 Å². The highest BCUT2D eigenvalue weighted by Crippen LogP contribution is 2.35. The van der Waals surface area contributed by atoms with Gasteiger partial charge in [0.2, 0.25) is 0 Å². The van der Waals surface area contributed by atoms with Crippen molar-refractivity contribution in [1.29, 1.82) is 0 Å². The molecule has 1 fully saturated rings. The van der Waals surface area contributed by atoms with Crippen LogP contribution < -0.4 is 4.74 Å². The minimum absolute atomic E-state index is 0.0814. The molecule has 0 spiro atoms. The number of amides is 1. The Bertz CT molecular complexity index is 934. The van der Waals surface area contributed by atoms with E-state index in [1.165, 1.54) is 0 Å². The first-order chi connectivity index (χ1) is 12.2. The molecule has 0 unspecified atom stereocenters. The van der Waals surface area contributed by atoms with Gasteiger partial charge in [0.25, 0.3) is 5.91 Å². The zero-order valence-electron chi connectivity index (χ0n) is 14.4. The van der Waals surface area contributed by atoms with Gasteiger partial charge >= 0.3 is 0 Å². The molecule has 4 nitrogen and oxygen atoms in total. The molecule has 2 aromatic carbocycles. The molecule has 1 aromatic heterocycles. The van der Waals surface area contributed by atoms with Gasteiger partial charge in [0.1, 0.15) is 5.75 Å². The smallest absolute Gasteiger partial charge is 0.254 e. The maximum absolute atomic E-state index is 13.1. The maximum Gasteiger partial charge on any atom is 0.254 e. The van der Waals surface area contributed by atoms with E-state index in [0.717, 1.165) is 45.9 Å². The predicted octanol–water partition coefficient (Wildman–Crippen LogP) is 4.59. The number of carbonyl (C=O) groups excluding carboxylic acids is 1. The van der Waals surface area contributed by atoms with Crippen molar-refractivity contribution in [3.05, 3.63) is 58.6 Å². The summed E-state index contributed by atoms with van der Waals surface area (Å²) in [7, 11) is 1.67. The van der Waals surface area contributed by atoms with E-state index in [-0.39, 0.29) is 11.9 Å². The molecule has 25 heavy (non-hydrogen) atoms. The van der Waals surface area contributed by atoms with Crippen molar-refractivity contribution >= 4 is 27.5 Å². The molecule has 0 saturated carbocycles. The van der Waals surface area contributed by atoms with Crippen molar-refractivity contribution in [2.45, 2.75) is 25.8 Å². The van der Waals surface area contributed by atoms with Crippen LogP contribution in [0.5, 0.6) is 5.75 Å². The topological polar surface area (TPSA) is 42.4 Å². The molecule has 0 N–H and O–H groups in total. The summed E-state index contributed by atoms with van der Waals surface area (Å²) in [6.07, 6.45) is 2.00. The van der Waals surface area contributed by atoms with Crippen LogP contribution in [0.25, 0.3) is 10.2 Å². The Morgan fingerprint density at radius 1 is 1.28 bits per heavy atom. The second-order valence-corrected chi connectivity index (χ2v) is 7.58. The number of carbonyl (C=O) groups is 1. The fraction of sp³-hybridized carbons (Fsp3) is 0.300. The average molecular weight is 352 g/mol. The molecule has 1 amide bonds. The number of aryl methyl sites for hydroxylation is 1. The highest BCUT2D eigenvalue weighted by molar-refractivity contribution is 7.18. The summed E-state index contributed by atoms with van der Waals surface area (Å²) in [6, 6.07) is 14.0. The standard InChI is InChI=1S/C20H20N2O2S/c1-13-21-17-12-15(8-9-19(17)25-13)20(23)22-10-4-7-18(22)14-5-3-6-16(11-14)24-2/h3,5-6,8-9,11-12,18H,4,7,10H2,1-2H3/t18-/m1/s1. The maximum atomic E-state index is 13.1. The predicted molar refractivity (Wildman–Crippen MR) is 100 cm³/mol. The van der Waals surface area contributed by atoms with Crippen molar-refractivity contribution < 1.29 is 9.53 Å². The Balaban J connectivity index is 1.65. The largest absolute Gasteiger partial charge is 0.497 e. The molecule has 2 heterocycles. The number of benzene rings is 2. The number of likely N-dealkylation sites (tertiary alicyclic amines) is 1. The fourth-order valence-corrected chi connectivity index (χ4v) is 4.35. The van der Waals surface area contributed by atoms with E-state index < -0.39 is 0 Å². The van der Waals surface area contributed by atoms with Crippen LogP contribution >= 0.6 is 11.3 Å². The number of hydrogen-bond acceptors (Lipinski definition) is 4. The Morgan fingerprint density at radius 3 is 3.00 bits per heavy atom. The third kappa shape index (κ3) is 3.00. The lowest BCUT2D eigenvalue weighted by molar-refractivity contribution is 0.0735. The second kappa shape index (κ2) is 6.48. The number of thiazole rings is 1. The summed E-state index contributed by atoms with van der Waals surface area (Å²) in [5, 5.41) is 1.02. The Hall–Kier alpha value is -2.40. The van der Waals surface area contributed by atoms with Crippen LogP contribution in [-0.4, -0.2) is 29.4 Å². The number of fused-ring (bicyclic) bond motifs is 1. The molecule has 1 aliphatic heterocycles. The van der Waals surface area contributed by atoms with Crippen molar-refractivity contribution in [3.8, 4) is 5.75 Å². The third-order valence-corrected chi connectivity index (χ3v) is 5.69. The number of methoxy groups -OCH3 is 1. The highest BCUT2D eigenvalue weighted by atomic mass is 32.1. The molecule has 5 heteroatoms. The van der Waals surface area contributed by atoms with Gasteiger partial charge in [0.15, 0.2) is 0 Å². The van der Waals surface area contributed by atoms with Crippen LogP contribution in [0.15, 0.2) is 42.5 Å². The zero-order chi connectivity index (χ0) is 17.4. The van der Waals surface area contributed by atoms with Crippen LogP contribution in [0.3, 0.4) is 0 Å². The first-order valence-electron chi connectivity index (χ1n) is 8.48. The first kappa shape index (κ1) is 16.1. The van der Waals surface area contributed by atoms with Crippen LogP contribution in [0, 0.1) is 6.92 Å². The van der Waals surface area contributed by atoms with E-state index in [9.17, 15) is 4.79 Å². The second-order valence-electron chi connectivity index (χ2n) is 6.35. The lowest BCUT2D eigenvalue weighted by Gasteiger charge is -2.25. The van der Waals surface area contributed by atoms with Crippen LogP contribution in [0.4, 0.5) is 0 Å². The van der Waals surface area contributed by atoms with Gasteiger partial charge in [-0.2, -0.15) is 0 Å². The normalized spacial score (nSPS) is 17.2. The van der Waals surface area contributed by atoms with E-state index >= 15 is 0 Å². The minimum atomic E-state index is 0.0814. The van der Waals surface area contributed by atoms with Crippen LogP contribution in [-0.2, 0) is 0 Å². The summed E-state index contributed by atoms with van der Waals surface area (Å²) in [5.74, 6) is 0.911. The third-order valence-electron chi connectivity index (χ3n) is 4.73. The van der Waals surface area contributed by atoms with Gasteiger partial charge in [-0.05, 0) is 55.7 Å². The quantitative estimate of drug-likeness (QED) is 0.692. The molecule has 4 rings (SSSR count). The molecular formula is C20H20N2O2S. The van der Waals surface area contributed by atoms with Gasteiger partial charge in [-0.1, -0.05) is 12.1 Å². The van der Waals surface area contributed by atoms with Gasteiger partial charge < -0.3 is 9.64 Å². The van der Waals surface area contributed by atoms with Crippen molar-refractivity contribution in [3.63, 3.8) is 0 Å². The number of nitrogens with zero attached hydrogens (tertiary/aromatic N) is 2. The molecule has 1 atom stereocenters. The van der Waals surface area contributed by atoms with Gasteiger partial charge in [-0.15, -0.1) is 11.3 Å². The Morgan fingerprint density at radius 2 is 2.16 bits per heavy atom. The number of hydrogen-bond donors (Lipinski definition) is 0. The van der Waals surface area contributed by atoms with Crippen LogP contribution in [0.1, 0.15) is 39.8 Å². The van der Waals surface area contributed by atoms with E-state index in [0.29, 0.717) is 5.56 Å².